The van der Waals surface area contributed by atoms with E-state index in [-0.39, 0.29) is 24.9 Å². The molecule has 0 radical (unpaired) electrons. The van der Waals surface area contributed by atoms with Crippen LogP contribution in [0.3, 0.4) is 0 Å². The molecule has 0 atom stereocenters. The van der Waals surface area contributed by atoms with E-state index < -0.39 is 9.70 Å². The number of anilines is 2. The Morgan fingerprint density at radius 3 is 2.54 bits per heavy atom. The van der Waals surface area contributed by atoms with Gasteiger partial charge in [-0.05, 0) is 35.9 Å². The maximum absolute atomic E-state index is 13.1. The van der Waals surface area contributed by atoms with Crippen LogP contribution in [0.5, 0.6) is 5.75 Å². The number of benzene rings is 2. The molecule has 26 heavy (non-hydrogen) atoms. The third-order valence-electron chi connectivity index (χ3n) is 3.67. The molecule has 0 spiro atoms. The number of nitrogens with zero attached hydrogens (tertiary/aromatic N) is 1. The van der Waals surface area contributed by atoms with Crippen molar-refractivity contribution in [2.24, 2.45) is 0 Å². The quantitative estimate of drug-likeness (QED) is 0.766. The lowest BCUT2D eigenvalue weighted by molar-refractivity contribution is -0.121. The number of hydrogen-bond donors (Lipinski definition) is 1. The van der Waals surface area contributed by atoms with Gasteiger partial charge in [0, 0.05) is 5.69 Å². The predicted octanol–water partition coefficient (Wildman–Crippen LogP) is 4.06. The molecule has 2 aromatic rings. The summed E-state index contributed by atoms with van der Waals surface area (Å²) in [5.41, 5.74) is 1.53. The van der Waals surface area contributed by atoms with Crippen molar-refractivity contribution >= 4 is 58.0 Å². The standard InChI is InChI=1S/C17H12Cl3FN2O3/c18-17(19,20)16(25)22-12-5-6-14-13(7-12)23(15(24)9-26-14)8-10-1-3-11(21)4-2-10/h1-7H,8-9H2,(H,22,25). The van der Waals surface area contributed by atoms with Crippen molar-refractivity contribution < 1.29 is 18.7 Å². The summed E-state index contributed by atoms with van der Waals surface area (Å²) in [6.07, 6.45) is 0. The van der Waals surface area contributed by atoms with Gasteiger partial charge in [0.25, 0.3) is 15.6 Å². The molecule has 0 aliphatic carbocycles. The summed E-state index contributed by atoms with van der Waals surface area (Å²) in [5, 5.41) is 2.46. The highest BCUT2D eigenvalue weighted by Gasteiger charge is 2.31. The van der Waals surface area contributed by atoms with E-state index in [1.807, 2.05) is 0 Å². The lowest BCUT2D eigenvalue weighted by Gasteiger charge is -2.30. The minimum absolute atomic E-state index is 0.117. The zero-order valence-corrected chi connectivity index (χ0v) is 15.4. The highest BCUT2D eigenvalue weighted by Crippen LogP contribution is 2.36. The predicted molar refractivity (Wildman–Crippen MR) is 98.4 cm³/mol. The third kappa shape index (κ3) is 4.20. The summed E-state index contributed by atoms with van der Waals surface area (Å²) in [4.78, 5) is 25.6. The van der Waals surface area contributed by atoms with Gasteiger partial charge in [-0.2, -0.15) is 0 Å². The normalized spacial score (nSPS) is 13.8. The van der Waals surface area contributed by atoms with Crippen molar-refractivity contribution in [3.05, 3.63) is 53.8 Å². The molecule has 1 aliphatic rings. The summed E-state index contributed by atoms with van der Waals surface area (Å²) in [5.74, 6) is -0.986. The molecule has 0 saturated heterocycles. The molecule has 0 bridgehead atoms. The van der Waals surface area contributed by atoms with Crippen molar-refractivity contribution in [3.8, 4) is 5.75 Å². The van der Waals surface area contributed by atoms with Crippen molar-refractivity contribution in [2.75, 3.05) is 16.8 Å². The second-order valence-electron chi connectivity index (χ2n) is 5.53. The summed E-state index contributed by atoms with van der Waals surface area (Å²) in [6, 6.07) is 10.5. The molecule has 1 heterocycles. The largest absolute Gasteiger partial charge is 0.482 e. The number of fused-ring (bicyclic) bond motifs is 1. The van der Waals surface area contributed by atoms with Crippen LogP contribution in [0.15, 0.2) is 42.5 Å². The summed E-state index contributed by atoms with van der Waals surface area (Å²) in [7, 11) is 0. The molecule has 5 nitrogen and oxygen atoms in total. The maximum atomic E-state index is 13.1. The second kappa shape index (κ2) is 7.31. The number of halogens is 4. The fourth-order valence-electron chi connectivity index (χ4n) is 2.43. The first-order valence-corrected chi connectivity index (χ1v) is 8.57. The van der Waals surface area contributed by atoms with Crippen molar-refractivity contribution in [1.29, 1.82) is 0 Å². The Bertz CT molecular complexity index is 853. The van der Waals surface area contributed by atoms with Crippen LogP contribution in [0.1, 0.15) is 5.56 Å². The van der Waals surface area contributed by atoms with Gasteiger partial charge in [0.05, 0.1) is 12.2 Å². The molecule has 136 valence electrons. The average molecular weight is 418 g/mol. The highest BCUT2D eigenvalue weighted by atomic mass is 35.6. The van der Waals surface area contributed by atoms with Crippen LogP contribution in [0, 0.1) is 5.82 Å². The van der Waals surface area contributed by atoms with E-state index in [0.29, 0.717) is 17.1 Å². The monoisotopic (exact) mass is 416 g/mol. The Morgan fingerprint density at radius 1 is 1.19 bits per heavy atom. The molecule has 9 heteroatoms. The van der Waals surface area contributed by atoms with E-state index in [2.05, 4.69) is 5.32 Å². The number of rotatable bonds is 3. The fourth-order valence-corrected chi connectivity index (χ4v) is 2.57. The highest BCUT2D eigenvalue weighted by molar-refractivity contribution is 6.76. The molecular weight excluding hydrogens is 406 g/mol. The van der Waals surface area contributed by atoms with E-state index in [1.165, 1.54) is 17.0 Å². The van der Waals surface area contributed by atoms with E-state index in [9.17, 15) is 14.0 Å². The number of nitrogens with one attached hydrogen (secondary N) is 1. The van der Waals surface area contributed by atoms with Gasteiger partial charge in [0.15, 0.2) is 6.61 Å². The van der Waals surface area contributed by atoms with Gasteiger partial charge >= 0.3 is 0 Å². The smallest absolute Gasteiger partial charge is 0.276 e. The van der Waals surface area contributed by atoms with Crippen molar-refractivity contribution in [3.63, 3.8) is 0 Å². The van der Waals surface area contributed by atoms with Crippen LogP contribution >= 0.6 is 34.8 Å². The van der Waals surface area contributed by atoms with Gasteiger partial charge in [-0.15, -0.1) is 0 Å². The van der Waals surface area contributed by atoms with Crippen LogP contribution in [0.25, 0.3) is 0 Å². The maximum Gasteiger partial charge on any atom is 0.276 e. The lowest BCUT2D eigenvalue weighted by Crippen LogP contribution is -2.38. The zero-order valence-electron chi connectivity index (χ0n) is 13.1. The van der Waals surface area contributed by atoms with Crippen molar-refractivity contribution in [1.82, 2.24) is 0 Å². The van der Waals surface area contributed by atoms with Gasteiger partial charge in [-0.25, -0.2) is 4.39 Å². The molecule has 0 aromatic heterocycles. The fraction of sp³-hybridized carbons (Fsp3) is 0.176. The first kappa shape index (κ1) is 18.8. The minimum Gasteiger partial charge on any atom is -0.482 e. The first-order chi connectivity index (χ1) is 12.2. The lowest BCUT2D eigenvalue weighted by atomic mass is 10.1. The number of hydrogen-bond acceptors (Lipinski definition) is 3. The van der Waals surface area contributed by atoms with Gasteiger partial charge in [0.2, 0.25) is 0 Å². The van der Waals surface area contributed by atoms with Gasteiger partial charge in [-0.1, -0.05) is 46.9 Å². The molecule has 0 fully saturated rings. The van der Waals surface area contributed by atoms with Crippen LogP contribution in [-0.2, 0) is 16.1 Å². The molecule has 2 amide bonds. The van der Waals surface area contributed by atoms with Gasteiger partial charge < -0.3 is 15.0 Å². The van der Waals surface area contributed by atoms with Crippen molar-refractivity contribution in [2.45, 2.75) is 10.3 Å². The number of carbonyl (C=O) groups excluding carboxylic acids is 2. The number of ether oxygens (including phenoxy) is 1. The molecule has 3 rings (SSSR count). The Labute approximate surface area is 163 Å². The molecule has 1 aliphatic heterocycles. The Morgan fingerprint density at radius 2 is 1.88 bits per heavy atom. The summed E-state index contributed by atoms with van der Waals surface area (Å²) < 4.78 is 16.4. The molecular formula is C17H12Cl3FN2O3. The Kier molecular flexibility index (Phi) is 5.27. The van der Waals surface area contributed by atoms with Gasteiger partial charge in [-0.3, -0.25) is 9.59 Å². The van der Waals surface area contributed by atoms with Crippen LogP contribution in [0.2, 0.25) is 0 Å². The molecule has 2 aromatic carbocycles. The summed E-state index contributed by atoms with van der Waals surface area (Å²) >= 11 is 16.6. The molecule has 0 unspecified atom stereocenters. The topological polar surface area (TPSA) is 58.6 Å². The van der Waals surface area contributed by atoms with E-state index in [1.54, 1.807) is 30.3 Å². The number of alkyl halides is 3. The molecule has 0 saturated carbocycles. The van der Waals surface area contributed by atoms with E-state index >= 15 is 0 Å². The average Bonchev–Trinajstić information content (AvgIpc) is 2.58. The van der Waals surface area contributed by atoms with Crippen LogP contribution in [0.4, 0.5) is 15.8 Å². The second-order valence-corrected chi connectivity index (χ2v) is 7.81. The number of carbonyl (C=O) groups is 2. The SMILES string of the molecule is O=C1COc2ccc(NC(=O)C(Cl)(Cl)Cl)cc2N1Cc1ccc(F)cc1. The third-order valence-corrected chi connectivity index (χ3v) is 4.19. The minimum atomic E-state index is -2.12. The Balaban J connectivity index is 1.89. The Hall–Kier alpha value is -2.02. The van der Waals surface area contributed by atoms with Crippen LogP contribution in [-0.4, -0.2) is 22.2 Å². The van der Waals surface area contributed by atoms with Gasteiger partial charge in [0.1, 0.15) is 11.6 Å². The summed E-state index contributed by atoms with van der Waals surface area (Å²) in [6.45, 7) is 0.103. The first-order valence-electron chi connectivity index (χ1n) is 7.44. The van der Waals surface area contributed by atoms with E-state index in [4.69, 9.17) is 39.5 Å². The van der Waals surface area contributed by atoms with Crippen LogP contribution < -0.4 is 15.0 Å². The molecule has 1 N–H and O–H groups in total. The van der Waals surface area contributed by atoms with E-state index in [0.717, 1.165) is 5.56 Å². The number of amides is 2. The zero-order chi connectivity index (χ0) is 18.9.